The molecule has 0 aliphatic rings. The zero-order chi connectivity index (χ0) is 20.9. The van der Waals surface area contributed by atoms with Crippen molar-refractivity contribution in [3.63, 3.8) is 0 Å². The van der Waals surface area contributed by atoms with Crippen molar-refractivity contribution in [1.29, 1.82) is 0 Å². The van der Waals surface area contributed by atoms with Gasteiger partial charge in [-0.3, -0.25) is 9.52 Å². The van der Waals surface area contributed by atoms with E-state index in [0.717, 1.165) is 0 Å². The average molecular weight is 406 g/mol. The molecule has 0 unspecified atom stereocenters. The Kier molecular flexibility index (Phi) is 6.63. The molecular weight excluding hydrogens is 384 g/mol. The van der Waals surface area contributed by atoms with Crippen LogP contribution in [0.5, 0.6) is 5.75 Å². The fraction of sp³-hybridized carbons (Fsp3) is 0.263. The zero-order valence-corrected chi connectivity index (χ0v) is 16.6. The molecule has 0 fully saturated rings. The maximum atomic E-state index is 12.8. The van der Waals surface area contributed by atoms with Gasteiger partial charge in [0.25, 0.3) is 10.0 Å². The van der Waals surface area contributed by atoms with E-state index in [1.807, 2.05) is 0 Å². The van der Waals surface area contributed by atoms with Crippen molar-refractivity contribution in [2.45, 2.75) is 32.1 Å². The first kappa shape index (κ1) is 21.2. The number of amides is 1. The Morgan fingerprint density at radius 1 is 1.11 bits per heavy atom. The Hall–Kier alpha value is -3.07. The lowest BCUT2D eigenvalue weighted by atomic mass is 10.1. The summed E-state index contributed by atoms with van der Waals surface area (Å²) in [6.07, 6.45) is 0.303. The van der Waals surface area contributed by atoms with E-state index < -0.39 is 22.6 Å². The number of benzene rings is 2. The third kappa shape index (κ3) is 5.23. The fourth-order valence-electron chi connectivity index (χ4n) is 2.58. The van der Waals surface area contributed by atoms with Gasteiger partial charge in [0.15, 0.2) is 6.61 Å². The number of carboxylic acid groups (broad SMARTS) is 1. The van der Waals surface area contributed by atoms with Crippen LogP contribution in [0.1, 0.15) is 24.5 Å². The van der Waals surface area contributed by atoms with E-state index in [1.165, 1.54) is 12.1 Å². The topological polar surface area (TPSA) is 122 Å². The molecule has 0 radical (unpaired) electrons. The van der Waals surface area contributed by atoms with Crippen molar-refractivity contribution in [1.82, 2.24) is 0 Å². The fourth-order valence-corrected chi connectivity index (χ4v) is 3.87. The molecule has 0 atom stereocenters. The van der Waals surface area contributed by atoms with Crippen LogP contribution in [-0.2, 0) is 19.6 Å². The number of hydrogen-bond acceptors (Lipinski definition) is 5. The Morgan fingerprint density at radius 3 is 2.43 bits per heavy atom. The number of sulfonamides is 1. The lowest BCUT2D eigenvalue weighted by Gasteiger charge is -2.16. The van der Waals surface area contributed by atoms with E-state index in [1.54, 1.807) is 45.0 Å². The summed E-state index contributed by atoms with van der Waals surface area (Å²) in [7, 11) is -3.96. The smallest absolute Gasteiger partial charge is 0.341 e. The highest BCUT2D eigenvalue weighted by Crippen LogP contribution is 2.30. The zero-order valence-electron chi connectivity index (χ0n) is 15.8. The van der Waals surface area contributed by atoms with Crippen molar-refractivity contribution < 1.29 is 27.9 Å². The standard InChI is InChI=1S/C19H22N2O6S/c1-4-17(22)20-14-6-5-7-15(10-14)21-28(25,26)16-9-8-12(2)19(13(16)3)27-11-18(23)24/h5-10,21H,4,11H2,1-3H3,(H,20,22)(H,23,24). The molecule has 0 saturated heterocycles. The van der Waals surface area contributed by atoms with Crippen molar-refractivity contribution in [2.75, 3.05) is 16.6 Å². The normalized spacial score (nSPS) is 11.0. The van der Waals surface area contributed by atoms with E-state index in [4.69, 9.17) is 9.84 Å². The summed E-state index contributed by atoms with van der Waals surface area (Å²) in [5.74, 6) is -1.13. The second-order valence-electron chi connectivity index (χ2n) is 6.11. The van der Waals surface area contributed by atoms with Gasteiger partial charge >= 0.3 is 5.97 Å². The molecule has 28 heavy (non-hydrogen) atoms. The maximum absolute atomic E-state index is 12.8. The number of rotatable bonds is 8. The van der Waals surface area contributed by atoms with Gasteiger partial charge in [0.05, 0.1) is 10.6 Å². The van der Waals surface area contributed by atoms with Crippen molar-refractivity contribution in [3.8, 4) is 5.75 Å². The third-order valence-corrected chi connectivity index (χ3v) is 5.43. The molecule has 3 N–H and O–H groups in total. The van der Waals surface area contributed by atoms with Gasteiger partial charge in [-0.05, 0) is 43.7 Å². The van der Waals surface area contributed by atoms with Gasteiger partial charge < -0.3 is 15.2 Å². The van der Waals surface area contributed by atoms with Gasteiger partial charge in [0, 0.05) is 17.7 Å². The number of hydrogen-bond donors (Lipinski definition) is 3. The van der Waals surface area contributed by atoms with Crippen LogP contribution in [0.15, 0.2) is 41.3 Å². The van der Waals surface area contributed by atoms with Crippen LogP contribution in [0.4, 0.5) is 11.4 Å². The largest absolute Gasteiger partial charge is 0.481 e. The summed E-state index contributed by atoms with van der Waals surface area (Å²) in [6, 6.07) is 9.33. The van der Waals surface area contributed by atoms with Crippen LogP contribution in [0, 0.1) is 13.8 Å². The molecule has 0 saturated carbocycles. The SMILES string of the molecule is CCC(=O)Nc1cccc(NS(=O)(=O)c2ccc(C)c(OCC(=O)O)c2C)c1. The molecule has 2 aromatic carbocycles. The molecule has 0 aliphatic carbocycles. The van der Waals surface area contributed by atoms with E-state index in [9.17, 15) is 18.0 Å². The summed E-state index contributed by atoms with van der Waals surface area (Å²) >= 11 is 0. The number of carbonyl (C=O) groups is 2. The molecule has 0 heterocycles. The summed E-state index contributed by atoms with van der Waals surface area (Å²) in [6.45, 7) is 4.40. The molecule has 0 spiro atoms. The molecular formula is C19H22N2O6S. The van der Waals surface area contributed by atoms with Crippen LogP contribution < -0.4 is 14.8 Å². The van der Waals surface area contributed by atoms with Gasteiger partial charge in [-0.25, -0.2) is 13.2 Å². The molecule has 0 aliphatic heterocycles. The van der Waals surface area contributed by atoms with Crippen LogP contribution in [0.25, 0.3) is 0 Å². The summed E-state index contributed by atoms with van der Waals surface area (Å²) < 4.78 is 33.4. The molecule has 1 amide bonds. The lowest BCUT2D eigenvalue weighted by molar-refractivity contribution is -0.139. The number of carbonyl (C=O) groups excluding carboxylic acids is 1. The first-order valence-electron chi connectivity index (χ1n) is 8.51. The second kappa shape index (κ2) is 8.75. The summed E-state index contributed by atoms with van der Waals surface area (Å²) in [4.78, 5) is 22.3. The second-order valence-corrected chi connectivity index (χ2v) is 7.76. The Labute approximate surface area is 163 Å². The highest BCUT2D eigenvalue weighted by atomic mass is 32.2. The van der Waals surface area contributed by atoms with Gasteiger partial charge in [0.2, 0.25) is 5.91 Å². The quantitative estimate of drug-likeness (QED) is 0.620. The van der Waals surface area contributed by atoms with Gasteiger partial charge in [-0.2, -0.15) is 0 Å². The first-order valence-corrected chi connectivity index (χ1v) is 10.00. The van der Waals surface area contributed by atoms with Crippen molar-refractivity contribution in [3.05, 3.63) is 47.5 Å². The lowest BCUT2D eigenvalue weighted by Crippen LogP contribution is -2.17. The molecule has 2 aromatic rings. The van der Waals surface area contributed by atoms with Crippen LogP contribution in [-0.4, -0.2) is 32.0 Å². The molecule has 0 bridgehead atoms. The minimum absolute atomic E-state index is 0.0264. The van der Waals surface area contributed by atoms with Gasteiger partial charge in [0.1, 0.15) is 5.75 Å². The Morgan fingerprint density at radius 2 is 1.79 bits per heavy atom. The molecule has 8 nitrogen and oxygen atoms in total. The van der Waals surface area contributed by atoms with E-state index in [0.29, 0.717) is 23.2 Å². The average Bonchev–Trinajstić information content (AvgIpc) is 2.60. The summed E-state index contributed by atoms with van der Waals surface area (Å²) in [5.41, 5.74) is 1.69. The first-order chi connectivity index (χ1) is 13.1. The number of aliphatic carboxylic acids is 1. The predicted octanol–water partition coefficient (Wildman–Crippen LogP) is 2.92. The minimum atomic E-state index is -3.96. The maximum Gasteiger partial charge on any atom is 0.341 e. The van der Waals surface area contributed by atoms with E-state index in [-0.39, 0.29) is 22.2 Å². The number of anilines is 2. The number of aryl methyl sites for hydroxylation is 1. The molecule has 2 rings (SSSR count). The van der Waals surface area contributed by atoms with Gasteiger partial charge in [-0.15, -0.1) is 0 Å². The number of carboxylic acids is 1. The highest BCUT2D eigenvalue weighted by molar-refractivity contribution is 7.92. The number of ether oxygens (including phenoxy) is 1. The van der Waals surface area contributed by atoms with Crippen LogP contribution in [0.3, 0.4) is 0 Å². The van der Waals surface area contributed by atoms with Crippen molar-refractivity contribution in [2.24, 2.45) is 0 Å². The number of nitrogens with one attached hydrogen (secondary N) is 2. The minimum Gasteiger partial charge on any atom is -0.481 e. The molecule has 0 aromatic heterocycles. The Balaban J connectivity index is 2.32. The third-order valence-electron chi connectivity index (χ3n) is 3.90. The van der Waals surface area contributed by atoms with Crippen LogP contribution >= 0.6 is 0 Å². The van der Waals surface area contributed by atoms with Gasteiger partial charge in [-0.1, -0.05) is 19.1 Å². The highest BCUT2D eigenvalue weighted by Gasteiger charge is 2.21. The predicted molar refractivity (Wildman–Crippen MR) is 105 cm³/mol. The van der Waals surface area contributed by atoms with Crippen molar-refractivity contribution >= 4 is 33.3 Å². The van der Waals surface area contributed by atoms with E-state index >= 15 is 0 Å². The summed E-state index contributed by atoms with van der Waals surface area (Å²) in [5, 5.41) is 11.5. The molecule has 9 heteroatoms. The Bertz CT molecular complexity index is 1000. The van der Waals surface area contributed by atoms with Crippen LogP contribution in [0.2, 0.25) is 0 Å². The monoisotopic (exact) mass is 406 g/mol. The molecule has 150 valence electrons. The van der Waals surface area contributed by atoms with E-state index in [2.05, 4.69) is 10.0 Å².